The zero-order valence-electron chi connectivity index (χ0n) is 10.5. The minimum Gasteiger partial charge on any atom is -0.302 e. The van der Waals surface area contributed by atoms with Crippen LogP contribution in [-0.4, -0.2) is 57.0 Å². The number of nitrogens with one attached hydrogen (secondary N) is 1. The fourth-order valence-electron chi connectivity index (χ4n) is 2.10. The number of hydrogen-bond acceptors (Lipinski definition) is 5. The van der Waals surface area contributed by atoms with Crippen LogP contribution in [0.3, 0.4) is 0 Å². The molecule has 0 aliphatic carbocycles. The Morgan fingerprint density at radius 1 is 1.59 bits per heavy atom. The fraction of sp³-hybridized carbons (Fsp3) is 0.909. The smallest absolute Gasteiger partial charge is 0.151 e. The quantitative estimate of drug-likeness (QED) is 0.726. The van der Waals surface area contributed by atoms with Gasteiger partial charge in [0.1, 0.15) is 0 Å². The average Bonchev–Trinajstić information content (AvgIpc) is 2.64. The molecule has 0 spiro atoms. The fourth-order valence-corrected chi connectivity index (χ4v) is 3.90. The highest BCUT2D eigenvalue weighted by Crippen LogP contribution is 2.16. The van der Waals surface area contributed by atoms with Gasteiger partial charge in [-0.15, -0.1) is 0 Å². The van der Waals surface area contributed by atoms with E-state index in [1.54, 1.807) is 0 Å². The second-order valence-electron chi connectivity index (χ2n) is 4.57. The lowest BCUT2D eigenvalue weighted by atomic mass is 10.2. The Kier molecular flexibility index (Phi) is 5.37. The Morgan fingerprint density at radius 2 is 2.29 bits per heavy atom. The van der Waals surface area contributed by atoms with Crippen molar-refractivity contribution in [3.05, 3.63) is 0 Å². The Balaban J connectivity index is 2.35. The van der Waals surface area contributed by atoms with Crippen LogP contribution in [0.15, 0.2) is 0 Å². The Bertz CT molecular complexity index is 375. The van der Waals surface area contributed by atoms with Crippen LogP contribution >= 0.6 is 0 Å². The van der Waals surface area contributed by atoms with E-state index in [0.29, 0.717) is 5.75 Å². The molecule has 1 fully saturated rings. The molecule has 1 aliphatic rings. The summed E-state index contributed by atoms with van der Waals surface area (Å²) in [5.41, 5.74) is 0. The third-order valence-electron chi connectivity index (χ3n) is 3.21. The second-order valence-corrected chi connectivity index (χ2v) is 6.79. The molecule has 0 aromatic heterocycles. The molecule has 98 valence electrons. The van der Waals surface area contributed by atoms with E-state index < -0.39 is 9.84 Å². The number of sulfone groups is 1. The summed E-state index contributed by atoms with van der Waals surface area (Å²) in [5.74, 6) is 0.568. The third kappa shape index (κ3) is 4.62. The first-order valence-corrected chi connectivity index (χ1v) is 7.84. The molecule has 1 saturated heterocycles. The largest absolute Gasteiger partial charge is 0.302 e. The summed E-state index contributed by atoms with van der Waals surface area (Å²) >= 11 is 0. The summed E-state index contributed by atoms with van der Waals surface area (Å²) in [4.78, 5) is 2.06. The summed E-state index contributed by atoms with van der Waals surface area (Å²) < 4.78 is 22.7. The predicted octanol–water partition coefficient (Wildman–Crippen LogP) is -0.00292. The molecule has 5 nitrogen and oxygen atoms in total. The van der Waals surface area contributed by atoms with Crippen molar-refractivity contribution in [2.45, 2.75) is 31.8 Å². The molecule has 0 saturated carbocycles. The number of hydrogen-bond donors (Lipinski definition) is 1. The molecule has 0 radical (unpaired) electrons. The molecular formula is C11H21N3O2S. The second kappa shape index (κ2) is 6.34. The van der Waals surface area contributed by atoms with E-state index in [4.69, 9.17) is 5.26 Å². The summed E-state index contributed by atoms with van der Waals surface area (Å²) in [5, 5.41) is 12.0. The lowest BCUT2D eigenvalue weighted by Crippen LogP contribution is -2.37. The molecule has 0 aromatic carbocycles. The zero-order valence-corrected chi connectivity index (χ0v) is 11.3. The summed E-state index contributed by atoms with van der Waals surface area (Å²) in [6.07, 6.45) is 1.45. The molecule has 1 heterocycles. The molecule has 1 rings (SSSR count). The van der Waals surface area contributed by atoms with Crippen molar-refractivity contribution in [3.63, 3.8) is 0 Å². The summed E-state index contributed by atoms with van der Waals surface area (Å²) in [6, 6.07) is 2.20. The first kappa shape index (κ1) is 14.4. The lowest BCUT2D eigenvalue weighted by molar-refractivity contribution is 0.253. The number of nitrogens with zero attached hydrogens (tertiary/aromatic N) is 2. The predicted molar refractivity (Wildman–Crippen MR) is 67.4 cm³/mol. The molecule has 2 atom stereocenters. The van der Waals surface area contributed by atoms with E-state index in [9.17, 15) is 8.42 Å². The van der Waals surface area contributed by atoms with Gasteiger partial charge in [0.05, 0.1) is 23.6 Å². The van der Waals surface area contributed by atoms with Gasteiger partial charge in [0.25, 0.3) is 0 Å². The monoisotopic (exact) mass is 259 g/mol. The van der Waals surface area contributed by atoms with Crippen LogP contribution in [0.4, 0.5) is 0 Å². The van der Waals surface area contributed by atoms with Crippen molar-refractivity contribution >= 4 is 9.84 Å². The molecule has 0 amide bonds. The van der Waals surface area contributed by atoms with Crippen LogP contribution in [0.25, 0.3) is 0 Å². The van der Waals surface area contributed by atoms with Crippen LogP contribution in [-0.2, 0) is 9.84 Å². The highest BCUT2D eigenvalue weighted by Gasteiger charge is 2.30. The van der Waals surface area contributed by atoms with Crippen LogP contribution < -0.4 is 5.32 Å². The molecular weight excluding hydrogens is 238 g/mol. The lowest BCUT2D eigenvalue weighted by Gasteiger charge is -2.24. The maximum atomic E-state index is 11.4. The van der Waals surface area contributed by atoms with Gasteiger partial charge in [-0.05, 0) is 26.4 Å². The van der Waals surface area contributed by atoms with E-state index in [1.165, 1.54) is 0 Å². The van der Waals surface area contributed by atoms with Crippen molar-refractivity contribution in [2.75, 3.05) is 31.6 Å². The topological polar surface area (TPSA) is 73.2 Å². The van der Waals surface area contributed by atoms with Crippen molar-refractivity contribution in [1.82, 2.24) is 10.2 Å². The van der Waals surface area contributed by atoms with Crippen LogP contribution in [0.1, 0.15) is 19.8 Å². The van der Waals surface area contributed by atoms with Gasteiger partial charge in [0, 0.05) is 12.6 Å². The van der Waals surface area contributed by atoms with Gasteiger partial charge in [0.15, 0.2) is 9.84 Å². The number of nitriles is 1. The molecule has 0 aromatic rings. The molecule has 1 aliphatic heterocycles. The van der Waals surface area contributed by atoms with E-state index in [2.05, 4.69) is 16.3 Å². The van der Waals surface area contributed by atoms with Gasteiger partial charge in [-0.2, -0.15) is 5.26 Å². The minimum absolute atomic E-state index is 0.126. The van der Waals surface area contributed by atoms with E-state index in [-0.39, 0.29) is 17.8 Å². The third-order valence-corrected chi connectivity index (χ3v) is 4.96. The molecule has 6 heteroatoms. The zero-order chi connectivity index (χ0) is 12.9. The Hall–Kier alpha value is -0.640. The summed E-state index contributed by atoms with van der Waals surface area (Å²) in [6.45, 7) is 3.50. The van der Waals surface area contributed by atoms with Crippen molar-refractivity contribution < 1.29 is 8.42 Å². The van der Waals surface area contributed by atoms with Crippen molar-refractivity contribution in [3.8, 4) is 6.07 Å². The van der Waals surface area contributed by atoms with Gasteiger partial charge in [-0.1, -0.05) is 6.92 Å². The van der Waals surface area contributed by atoms with Crippen LogP contribution in [0.5, 0.6) is 0 Å². The van der Waals surface area contributed by atoms with E-state index in [1.807, 2.05) is 14.0 Å². The first-order chi connectivity index (χ1) is 7.98. The van der Waals surface area contributed by atoms with Crippen LogP contribution in [0, 0.1) is 11.3 Å². The van der Waals surface area contributed by atoms with Gasteiger partial charge >= 0.3 is 0 Å². The normalized spacial score (nSPS) is 24.7. The van der Waals surface area contributed by atoms with Crippen molar-refractivity contribution in [1.29, 1.82) is 5.26 Å². The van der Waals surface area contributed by atoms with Gasteiger partial charge < -0.3 is 10.2 Å². The van der Waals surface area contributed by atoms with Gasteiger partial charge in [-0.3, -0.25) is 0 Å². The molecule has 2 unspecified atom stereocenters. The van der Waals surface area contributed by atoms with E-state index in [0.717, 1.165) is 25.9 Å². The Morgan fingerprint density at radius 3 is 2.76 bits per heavy atom. The standard InChI is InChI=1S/C11H21N3O2S/c1-3-13-10(8-12)4-6-14(2)11-5-7-17(15,16)9-11/h10-11,13H,3-7,9H2,1-2H3. The van der Waals surface area contributed by atoms with Gasteiger partial charge in [0.2, 0.25) is 0 Å². The maximum absolute atomic E-state index is 11.4. The van der Waals surface area contributed by atoms with Crippen molar-refractivity contribution in [2.24, 2.45) is 0 Å². The molecule has 1 N–H and O–H groups in total. The maximum Gasteiger partial charge on any atom is 0.151 e. The van der Waals surface area contributed by atoms with E-state index >= 15 is 0 Å². The highest BCUT2D eigenvalue weighted by atomic mass is 32.2. The highest BCUT2D eigenvalue weighted by molar-refractivity contribution is 7.91. The SMILES string of the molecule is CCNC(C#N)CCN(C)C1CCS(=O)(=O)C1. The Labute approximate surface area is 104 Å². The molecule has 17 heavy (non-hydrogen) atoms. The minimum atomic E-state index is -2.82. The molecule has 0 bridgehead atoms. The van der Waals surface area contributed by atoms with Crippen LogP contribution in [0.2, 0.25) is 0 Å². The number of rotatable bonds is 6. The van der Waals surface area contributed by atoms with Gasteiger partial charge in [-0.25, -0.2) is 8.42 Å². The first-order valence-electron chi connectivity index (χ1n) is 6.02. The average molecular weight is 259 g/mol. The summed E-state index contributed by atoms with van der Waals surface area (Å²) in [7, 11) is -0.881.